The van der Waals surface area contributed by atoms with Crippen LogP contribution in [-0.4, -0.2) is 16.5 Å². The van der Waals surface area contributed by atoms with Gasteiger partial charge in [0.05, 0.1) is 0 Å². The number of hydrogen-bond acceptors (Lipinski definition) is 4. The molecule has 0 aliphatic carbocycles. The number of nitrogen functional groups attached to an aromatic ring is 1. The van der Waals surface area contributed by atoms with Crippen molar-refractivity contribution in [3.05, 3.63) is 71.0 Å². The van der Waals surface area contributed by atoms with Crippen LogP contribution in [0.4, 0.5) is 11.8 Å². The van der Waals surface area contributed by atoms with Gasteiger partial charge < -0.3 is 10.6 Å². The highest BCUT2D eigenvalue weighted by molar-refractivity contribution is 5.53. The summed E-state index contributed by atoms with van der Waals surface area (Å²) in [6, 6.07) is 10.4. The molecule has 2 N–H and O–H groups in total. The first kappa shape index (κ1) is 17.7. The molecule has 0 aliphatic rings. The lowest BCUT2D eigenvalue weighted by molar-refractivity contribution is 0.820. The van der Waals surface area contributed by atoms with Crippen LogP contribution in [0.15, 0.2) is 54.1 Å². The molecule has 126 valence electrons. The number of nitrogens with zero attached hydrogens (tertiary/aromatic N) is 3. The van der Waals surface area contributed by atoms with Gasteiger partial charge in [-0.3, -0.25) is 0 Å². The number of anilines is 2. The number of rotatable bonds is 6. The Balaban J connectivity index is 2.42. The Morgan fingerprint density at radius 1 is 1.12 bits per heavy atom. The molecule has 4 heteroatoms. The molecular formula is C20H26N4. The van der Waals surface area contributed by atoms with E-state index in [1.165, 1.54) is 11.1 Å². The first-order chi connectivity index (χ1) is 11.5. The highest BCUT2D eigenvalue weighted by Gasteiger charge is 2.15. The molecule has 0 atom stereocenters. The Morgan fingerprint density at radius 3 is 2.46 bits per heavy atom. The molecule has 0 spiro atoms. The van der Waals surface area contributed by atoms with E-state index >= 15 is 0 Å². The van der Waals surface area contributed by atoms with Crippen molar-refractivity contribution in [3.63, 3.8) is 0 Å². The number of aryl methyl sites for hydroxylation is 1. The van der Waals surface area contributed by atoms with Gasteiger partial charge in [0.2, 0.25) is 5.95 Å². The molecule has 0 unspecified atom stereocenters. The van der Waals surface area contributed by atoms with Crippen molar-refractivity contribution in [2.75, 3.05) is 17.2 Å². The van der Waals surface area contributed by atoms with Crippen molar-refractivity contribution in [2.45, 2.75) is 34.2 Å². The average molecular weight is 322 g/mol. The zero-order valence-electron chi connectivity index (χ0n) is 15.0. The van der Waals surface area contributed by atoms with Crippen LogP contribution in [-0.2, 0) is 6.54 Å². The second-order valence-electron chi connectivity index (χ2n) is 5.82. The lowest BCUT2D eigenvalue weighted by Crippen LogP contribution is -2.27. The minimum Gasteiger partial charge on any atom is -0.368 e. The van der Waals surface area contributed by atoms with Gasteiger partial charge in [-0.25, -0.2) is 4.98 Å². The number of allylic oxidation sites excluding steroid dienone is 2. The van der Waals surface area contributed by atoms with Crippen molar-refractivity contribution >= 4 is 11.8 Å². The fourth-order valence-corrected chi connectivity index (χ4v) is 2.63. The molecule has 0 aliphatic heterocycles. The normalized spacial score (nSPS) is 11.9. The minimum atomic E-state index is 0.319. The smallest absolute Gasteiger partial charge is 0.222 e. The number of aromatic nitrogens is 2. The highest BCUT2D eigenvalue weighted by atomic mass is 15.2. The van der Waals surface area contributed by atoms with Gasteiger partial charge in [-0.05, 0) is 38.8 Å². The lowest BCUT2D eigenvalue weighted by Gasteiger charge is -2.26. The third-order valence-corrected chi connectivity index (χ3v) is 4.02. The molecule has 24 heavy (non-hydrogen) atoms. The van der Waals surface area contributed by atoms with Crippen LogP contribution in [0.1, 0.15) is 30.7 Å². The molecule has 1 aromatic carbocycles. The van der Waals surface area contributed by atoms with Gasteiger partial charge in [-0.1, -0.05) is 48.6 Å². The molecule has 0 bridgehead atoms. The Morgan fingerprint density at radius 2 is 1.83 bits per heavy atom. The molecule has 0 fully saturated rings. The summed E-state index contributed by atoms with van der Waals surface area (Å²) < 4.78 is 0. The fraction of sp³-hybridized carbons (Fsp3) is 0.300. The van der Waals surface area contributed by atoms with Crippen LogP contribution in [0.25, 0.3) is 0 Å². The number of nitrogens with two attached hydrogens (primary N) is 1. The fourth-order valence-electron chi connectivity index (χ4n) is 2.63. The van der Waals surface area contributed by atoms with Gasteiger partial charge in [0.25, 0.3) is 0 Å². The zero-order valence-corrected chi connectivity index (χ0v) is 15.0. The van der Waals surface area contributed by atoms with E-state index in [0.717, 1.165) is 30.2 Å². The van der Waals surface area contributed by atoms with Crippen molar-refractivity contribution in [1.29, 1.82) is 0 Å². The Labute approximate surface area is 144 Å². The van der Waals surface area contributed by atoms with Crippen molar-refractivity contribution in [1.82, 2.24) is 9.97 Å². The Kier molecular flexibility index (Phi) is 6.13. The Hall–Kier alpha value is -2.62. The standard InChI is InChI=1S/C20H26N4/c1-5-10-17(6-2)13-24(14-18-11-8-7-9-12-18)19-15(3)16(4)22-20(21)23-19/h5-12H,13-14H2,1-4H3,(H2,21,22,23)/b10-5-,17-6+. The lowest BCUT2D eigenvalue weighted by atomic mass is 10.1. The summed E-state index contributed by atoms with van der Waals surface area (Å²) in [6.07, 6.45) is 6.32. The van der Waals surface area contributed by atoms with Crippen LogP contribution >= 0.6 is 0 Å². The summed E-state index contributed by atoms with van der Waals surface area (Å²) in [7, 11) is 0. The third-order valence-electron chi connectivity index (χ3n) is 4.02. The molecular weight excluding hydrogens is 296 g/mol. The first-order valence-electron chi connectivity index (χ1n) is 8.22. The maximum absolute atomic E-state index is 5.90. The second kappa shape index (κ2) is 8.29. The zero-order chi connectivity index (χ0) is 17.5. The van der Waals surface area contributed by atoms with E-state index in [1.54, 1.807) is 0 Å². The average Bonchev–Trinajstić information content (AvgIpc) is 2.58. The summed E-state index contributed by atoms with van der Waals surface area (Å²) in [5.41, 5.74) is 10.4. The van der Waals surface area contributed by atoms with Gasteiger partial charge in [-0.2, -0.15) is 4.98 Å². The maximum Gasteiger partial charge on any atom is 0.222 e. The van der Waals surface area contributed by atoms with Gasteiger partial charge in [0.15, 0.2) is 0 Å². The predicted octanol–water partition coefficient (Wildman–Crippen LogP) is 4.20. The Bertz CT molecular complexity index is 733. The van der Waals surface area contributed by atoms with Crippen LogP contribution in [0.5, 0.6) is 0 Å². The number of hydrogen-bond donors (Lipinski definition) is 1. The van der Waals surface area contributed by atoms with Crippen LogP contribution in [0, 0.1) is 13.8 Å². The van der Waals surface area contributed by atoms with Crippen LogP contribution in [0.3, 0.4) is 0 Å². The monoisotopic (exact) mass is 322 g/mol. The van der Waals surface area contributed by atoms with E-state index in [4.69, 9.17) is 5.73 Å². The topological polar surface area (TPSA) is 55.0 Å². The molecule has 0 saturated heterocycles. The van der Waals surface area contributed by atoms with Gasteiger partial charge in [-0.15, -0.1) is 0 Å². The van der Waals surface area contributed by atoms with E-state index in [0.29, 0.717) is 5.95 Å². The van der Waals surface area contributed by atoms with E-state index in [9.17, 15) is 0 Å². The summed E-state index contributed by atoms with van der Waals surface area (Å²) in [4.78, 5) is 11.0. The summed E-state index contributed by atoms with van der Waals surface area (Å²) >= 11 is 0. The molecule has 2 rings (SSSR count). The van der Waals surface area contributed by atoms with Crippen molar-refractivity contribution in [2.24, 2.45) is 0 Å². The summed E-state index contributed by atoms with van der Waals surface area (Å²) in [5.74, 6) is 1.21. The van der Waals surface area contributed by atoms with Gasteiger partial charge >= 0.3 is 0 Å². The maximum atomic E-state index is 5.90. The molecule has 0 amide bonds. The highest BCUT2D eigenvalue weighted by Crippen LogP contribution is 2.23. The van der Waals surface area contributed by atoms with Crippen molar-refractivity contribution < 1.29 is 0 Å². The van der Waals surface area contributed by atoms with E-state index in [1.807, 2.05) is 26.8 Å². The van der Waals surface area contributed by atoms with Crippen molar-refractivity contribution in [3.8, 4) is 0 Å². The second-order valence-corrected chi connectivity index (χ2v) is 5.82. The molecule has 4 nitrogen and oxygen atoms in total. The largest absolute Gasteiger partial charge is 0.368 e. The quantitative estimate of drug-likeness (QED) is 0.810. The van der Waals surface area contributed by atoms with E-state index in [-0.39, 0.29) is 0 Å². The number of benzene rings is 1. The minimum absolute atomic E-state index is 0.319. The first-order valence-corrected chi connectivity index (χ1v) is 8.22. The molecule has 2 aromatic rings. The van der Waals surface area contributed by atoms with Gasteiger partial charge in [0.1, 0.15) is 5.82 Å². The molecule has 0 radical (unpaired) electrons. The molecule has 0 saturated carbocycles. The van der Waals surface area contributed by atoms with E-state index in [2.05, 4.69) is 64.3 Å². The van der Waals surface area contributed by atoms with E-state index < -0.39 is 0 Å². The predicted molar refractivity (Wildman–Crippen MR) is 102 cm³/mol. The summed E-state index contributed by atoms with van der Waals surface area (Å²) in [6.45, 7) is 9.65. The SMILES string of the molecule is C/C=C\C(=C/C)CN(Cc1ccccc1)c1nc(N)nc(C)c1C. The van der Waals surface area contributed by atoms with Gasteiger partial charge in [0, 0.05) is 24.3 Å². The third kappa shape index (κ3) is 4.44. The van der Waals surface area contributed by atoms with Crippen LogP contribution in [0.2, 0.25) is 0 Å². The molecule has 1 aromatic heterocycles. The van der Waals surface area contributed by atoms with Crippen LogP contribution < -0.4 is 10.6 Å². The molecule has 1 heterocycles. The summed E-state index contributed by atoms with van der Waals surface area (Å²) in [5, 5.41) is 0.